The van der Waals surface area contributed by atoms with Crippen LogP contribution in [0.25, 0.3) is 0 Å². The number of carbonyl (C=O) groups is 6. The third-order valence-electron chi connectivity index (χ3n) is 12.2. The summed E-state index contributed by atoms with van der Waals surface area (Å²) >= 11 is 3.24. The van der Waals surface area contributed by atoms with Gasteiger partial charge in [0.2, 0.25) is 11.8 Å². The molecule has 6 rings (SSSR count). The van der Waals surface area contributed by atoms with Crippen LogP contribution in [-0.4, -0.2) is 98.9 Å². The highest BCUT2D eigenvalue weighted by molar-refractivity contribution is 7.10. The first kappa shape index (κ1) is 64.1. The standard InChI is InChI=1S/C33H41N3O5.C30H39N3O5S2/c1-33(2,3)41-32(39)35-29(21-13-14-22-34-31(38)40-25-28-19-11-6-12-20-28)30(37)36(23-26-15-7-4-8-16-26)24-27-17-9-5-10-18-27;1-30(2,3)38-28(35)31-26(15-7-8-17-33(29(36)37)21-23-11-5-4-6-12-23)27(34)32(22-25-14-10-20-40-25)18-16-24-13-9-19-39-24/h4-12,15-20,29H,13-14,21-25H2,1-3H3,(H,34,38)(H,35,39);4-6,9-14,19-20,26H,7-8,15-18,21-22H2,1-3H3,(H,31,35)(H,36,37)/t29-;26-/m01/s1. The predicted octanol–water partition coefficient (Wildman–Crippen LogP) is 12.8. The lowest BCUT2D eigenvalue weighted by Gasteiger charge is -2.29. The summed E-state index contributed by atoms with van der Waals surface area (Å²) in [6, 6.07) is 44.9. The van der Waals surface area contributed by atoms with Gasteiger partial charge in [-0.2, -0.15) is 0 Å². The molecule has 0 aliphatic rings. The van der Waals surface area contributed by atoms with Gasteiger partial charge >= 0.3 is 24.4 Å². The minimum Gasteiger partial charge on any atom is -0.465 e. The van der Waals surface area contributed by atoms with E-state index in [0.29, 0.717) is 84.3 Å². The Hall–Kier alpha value is -7.70. The lowest BCUT2D eigenvalue weighted by atomic mass is 10.1. The van der Waals surface area contributed by atoms with Gasteiger partial charge < -0.3 is 50.0 Å². The molecule has 0 bridgehead atoms. The van der Waals surface area contributed by atoms with Gasteiger partial charge in [-0.3, -0.25) is 9.59 Å². The maximum atomic E-state index is 13.9. The molecule has 4 N–H and O–H groups in total. The van der Waals surface area contributed by atoms with Gasteiger partial charge in [-0.15, -0.1) is 22.7 Å². The van der Waals surface area contributed by atoms with Crippen molar-refractivity contribution in [2.75, 3.05) is 19.6 Å². The third-order valence-corrected chi connectivity index (χ3v) is 14.0. The number of rotatable bonds is 27. The zero-order valence-corrected chi connectivity index (χ0v) is 49.2. The van der Waals surface area contributed by atoms with Crippen LogP contribution in [0.2, 0.25) is 0 Å². The van der Waals surface area contributed by atoms with Crippen LogP contribution in [0.5, 0.6) is 0 Å². The molecule has 2 aromatic heterocycles. The van der Waals surface area contributed by atoms with Gasteiger partial charge in [0.25, 0.3) is 0 Å². The second-order valence-corrected chi connectivity index (χ2v) is 23.5. The summed E-state index contributed by atoms with van der Waals surface area (Å²) in [7, 11) is 0. The average molecular weight is 1150 g/mol. The summed E-state index contributed by atoms with van der Waals surface area (Å²) in [5.74, 6) is -0.367. The number of nitrogens with zero attached hydrogens (tertiary/aromatic N) is 3. The molecule has 0 unspecified atom stereocenters. The Morgan fingerprint density at radius 3 is 1.36 bits per heavy atom. The first-order valence-corrected chi connectivity index (χ1v) is 29.2. The molecule has 18 heteroatoms. The van der Waals surface area contributed by atoms with Gasteiger partial charge in [0.05, 0.1) is 6.54 Å². The van der Waals surface area contributed by atoms with Crippen molar-refractivity contribution in [2.24, 2.45) is 0 Å². The van der Waals surface area contributed by atoms with Crippen molar-refractivity contribution in [1.82, 2.24) is 30.7 Å². The monoisotopic (exact) mass is 1140 g/mol. The molecule has 0 aliphatic heterocycles. The number of hydrogen-bond donors (Lipinski definition) is 4. The number of carbonyl (C=O) groups excluding carboxylic acids is 5. The fourth-order valence-electron chi connectivity index (χ4n) is 8.37. The summed E-state index contributed by atoms with van der Waals surface area (Å²) in [4.78, 5) is 84.3. The van der Waals surface area contributed by atoms with Crippen molar-refractivity contribution in [3.05, 3.63) is 188 Å². The maximum Gasteiger partial charge on any atom is 0.408 e. The number of benzene rings is 4. The summed E-state index contributed by atoms with van der Waals surface area (Å²) in [6.07, 6.45) is 1.03. The molecule has 6 aromatic rings. The fraction of sp³-hybridized carbons (Fsp3) is 0.397. The Morgan fingerprint density at radius 1 is 0.481 bits per heavy atom. The van der Waals surface area contributed by atoms with E-state index in [0.717, 1.165) is 33.6 Å². The summed E-state index contributed by atoms with van der Waals surface area (Å²) in [5.41, 5.74) is 2.41. The quantitative estimate of drug-likeness (QED) is 0.0285. The molecule has 0 spiro atoms. The van der Waals surface area contributed by atoms with E-state index >= 15 is 0 Å². The van der Waals surface area contributed by atoms with E-state index < -0.39 is 47.7 Å². The van der Waals surface area contributed by atoms with E-state index in [-0.39, 0.29) is 18.4 Å². The van der Waals surface area contributed by atoms with Crippen LogP contribution in [0.3, 0.4) is 0 Å². The average Bonchev–Trinajstić information content (AvgIpc) is 4.18. The topological polar surface area (TPSA) is 196 Å². The summed E-state index contributed by atoms with van der Waals surface area (Å²) in [6.45, 7) is 13.7. The molecule has 0 radical (unpaired) electrons. The minimum absolute atomic E-state index is 0.171. The number of nitrogens with one attached hydrogen (secondary N) is 3. The van der Waals surface area contributed by atoms with Crippen molar-refractivity contribution >= 4 is 58.9 Å². The van der Waals surface area contributed by atoms with Crippen LogP contribution in [0.1, 0.15) is 112 Å². The summed E-state index contributed by atoms with van der Waals surface area (Å²) < 4.78 is 16.2. The third kappa shape index (κ3) is 26.0. The summed E-state index contributed by atoms with van der Waals surface area (Å²) in [5, 5.41) is 22.0. The molecule has 81 heavy (non-hydrogen) atoms. The Labute approximate surface area is 485 Å². The van der Waals surface area contributed by atoms with E-state index in [4.69, 9.17) is 14.2 Å². The predicted molar refractivity (Wildman–Crippen MR) is 318 cm³/mol. The Balaban J connectivity index is 0.000000297. The van der Waals surface area contributed by atoms with Gasteiger partial charge in [0.15, 0.2) is 0 Å². The molecule has 2 heterocycles. The van der Waals surface area contributed by atoms with Crippen molar-refractivity contribution in [2.45, 2.75) is 143 Å². The smallest absolute Gasteiger partial charge is 0.408 e. The van der Waals surface area contributed by atoms with Crippen molar-refractivity contribution in [3.63, 3.8) is 0 Å². The van der Waals surface area contributed by atoms with Crippen LogP contribution in [0, 0.1) is 0 Å². The first-order chi connectivity index (χ1) is 38.8. The zero-order chi connectivity index (χ0) is 58.5. The van der Waals surface area contributed by atoms with Crippen LogP contribution in [0.4, 0.5) is 19.2 Å². The highest BCUT2D eigenvalue weighted by atomic mass is 32.1. The van der Waals surface area contributed by atoms with Crippen LogP contribution in [-0.2, 0) is 63.0 Å². The lowest BCUT2D eigenvalue weighted by Crippen LogP contribution is -2.50. The maximum absolute atomic E-state index is 13.9. The van der Waals surface area contributed by atoms with E-state index in [1.165, 1.54) is 9.78 Å². The fourth-order valence-corrected chi connectivity index (χ4v) is 9.79. The Bertz CT molecular complexity index is 2730. The highest BCUT2D eigenvalue weighted by Gasteiger charge is 2.30. The van der Waals surface area contributed by atoms with Crippen molar-refractivity contribution in [1.29, 1.82) is 0 Å². The molecule has 0 fully saturated rings. The number of ether oxygens (including phenoxy) is 3. The first-order valence-electron chi connectivity index (χ1n) is 27.5. The molecule has 2 atom stereocenters. The highest BCUT2D eigenvalue weighted by Crippen LogP contribution is 2.20. The molecular formula is C63H80N6O10S2. The molecule has 0 saturated heterocycles. The SMILES string of the molecule is CC(C)(C)OC(=O)N[C@@H](CCCCNC(=O)OCc1ccccc1)C(=O)N(Cc1ccccc1)Cc1ccccc1.CC(C)(C)OC(=O)N[C@H](CCCCN(Cc1ccccc1)C(=O)O)C(=O)N(CCc1cccs1)Cc1cccs1. The normalized spacial score (nSPS) is 11.8. The number of alkyl carbamates (subject to hydrolysis) is 3. The molecule has 434 valence electrons. The molecule has 0 saturated carbocycles. The van der Waals surface area contributed by atoms with E-state index in [1.54, 1.807) is 74.0 Å². The molecule has 0 aliphatic carbocycles. The molecular weight excluding hydrogens is 1060 g/mol. The largest absolute Gasteiger partial charge is 0.465 e. The van der Waals surface area contributed by atoms with Gasteiger partial charge in [0, 0.05) is 49.0 Å². The molecule has 6 amide bonds. The number of thiophene rings is 2. The lowest BCUT2D eigenvalue weighted by molar-refractivity contribution is -0.135. The second-order valence-electron chi connectivity index (χ2n) is 21.4. The minimum atomic E-state index is -0.987. The zero-order valence-electron chi connectivity index (χ0n) is 47.6. The number of carboxylic acid groups (broad SMARTS) is 1. The van der Waals surface area contributed by atoms with Crippen LogP contribution in [0.15, 0.2) is 156 Å². The van der Waals surface area contributed by atoms with E-state index in [2.05, 4.69) is 22.0 Å². The van der Waals surface area contributed by atoms with Crippen LogP contribution < -0.4 is 16.0 Å². The Morgan fingerprint density at radius 2 is 0.914 bits per heavy atom. The van der Waals surface area contributed by atoms with Crippen molar-refractivity contribution in [3.8, 4) is 0 Å². The number of amides is 6. The molecule has 4 aromatic carbocycles. The second kappa shape index (κ2) is 33.8. The van der Waals surface area contributed by atoms with E-state index in [1.807, 2.05) is 150 Å². The van der Waals surface area contributed by atoms with Crippen molar-refractivity contribution < 1.29 is 48.1 Å². The molecule has 16 nitrogen and oxygen atoms in total. The van der Waals surface area contributed by atoms with Gasteiger partial charge in [-0.25, -0.2) is 19.2 Å². The van der Waals surface area contributed by atoms with Gasteiger partial charge in [0.1, 0.15) is 29.9 Å². The number of unbranched alkanes of at least 4 members (excludes halogenated alkanes) is 2. The van der Waals surface area contributed by atoms with Gasteiger partial charge in [-0.05, 0) is 132 Å². The van der Waals surface area contributed by atoms with Gasteiger partial charge in [-0.1, -0.05) is 133 Å². The van der Waals surface area contributed by atoms with Crippen LogP contribution >= 0.6 is 22.7 Å². The van der Waals surface area contributed by atoms with E-state index in [9.17, 15) is 33.9 Å². The Kier molecular flexibility index (Phi) is 26.7. The number of hydrogen-bond acceptors (Lipinski definition) is 11.